The van der Waals surface area contributed by atoms with Crippen LogP contribution in [0.1, 0.15) is 10.4 Å². The number of carbonyl (C=O) groups is 1. The first-order valence-electron chi connectivity index (χ1n) is 7.06. The van der Waals surface area contributed by atoms with Gasteiger partial charge in [-0.2, -0.15) is 0 Å². The van der Waals surface area contributed by atoms with Crippen LogP contribution in [0.3, 0.4) is 0 Å². The normalized spacial score (nSPS) is 13.4. The van der Waals surface area contributed by atoms with Gasteiger partial charge in [0.15, 0.2) is 5.16 Å². The van der Waals surface area contributed by atoms with E-state index in [1.807, 2.05) is 4.72 Å². The third kappa shape index (κ3) is 3.82. The van der Waals surface area contributed by atoms with Crippen LogP contribution in [0.25, 0.3) is 0 Å². The van der Waals surface area contributed by atoms with Gasteiger partial charge in [0.05, 0.1) is 11.9 Å². The Morgan fingerprint density at radius 1 is 1.40 bits per heavy atom. The van der Waals surface area contributed by atoms with E-state index in [-0.39, 0.29) is 16.9 Å². The number of sulfonamides is 1. The SMILES string of the molecule is CS(=O)(=O)Nc1cc(NC(=O)c2cnc3n(c2=O)CCS3)ccc1F. The molecule has 1 aromatic carbocycles. The highest BCUT2D eigenvalue weighted by molar-refractivity contribution is 7.99. The largest absolute Gasteiger partial charge is 0.322 e. The van der Waals surface area contributed by atoms with E-state index in [9.17, 15) is 22.4 Å². The van der Waals surface area contributed by atoms with Crippen molar-refractivity contribution < 1.29 is 17.6 Å². The second-order valence-corrected chi connectivity index (χ2v) is 8.09. The summed E-state index contributed by atoms with van der Waals surface area (Å²) in [6.07, 6.45) is 2.08. The van der Waals surface area contributed by atoms with Crippen molar-refractivity contribution >= 4 is 39.1 Å². The van der Waals surface area contributed by atoms with E-state index in [2.05, 4.69) is 10.3 Å². The number of carbonyl (C=O) groups excluding carboxylic acids is 1. The van der Waals surface area contributed by atoms with Gasteiger partial charge < -0.3 is 5.32 Å². The summed E-state index contributed by atoms with van der Waals surface area (Å²) in [5, 5.41) is 3.00. The Morgan fingerprint density at radius 2 is 2.16 bits per heavy atom. The zero-order chi connectivity index (χ0) is 18.2. The van der Waals surface area contributed by atoms with Crippen LogP contribution < -0.4 is 15.6 Å². The lowest BCUT2D eigenvalue weighted by molar-refractivity contribution is 0.102. The summed E-state index contributed by atoms with van der Waals surface area (Å²) < 4.78 is 39.6. The lowest BCUT2D eigenvalue weighted by Crippen LogP contribution is -2.29. The lowest BCUT2D eigenvalue weighted by atomic mass is 10.2. The van der Waals surface area contributed by atoms with Gasteiger partial charge in [0.1, 0.15) is 11.4 Å². The van der Waals surface area contributed by atoms with Crippen LogP contribution >= 0.6 is 11.8 Å². The zero-order valence-electron chi connectivity index (χ0n) is 12.9. The summed E-state index contributed by atoms with van der Waals surface area (Å²) in [7, 11) is -3.68. The van der Waals surface area contributed by atoms with E-state index in [1.165, 1.54) is 28.6 Å². The van der Waals surface area contributed by atoms with Gasteiger partial charge in [-0.1, -0.05) is 11.8 Å². The van der Waals surface area contributed by atoms with Crippen molar-refractivity contribution in [2.75, 3.05) is 22.0 Å². The Kier molecular flexibility index (Phi) is 4.52. The number of fused-ring (bicyclic) bond motifs is 1. The molecule has 2 N–H and O–H groups in total. The second kappa shape index (κ2) is 6.48. The fourth-order valence-corrected chi connectivity index (χ4v) is 3.72. The smallest absolute Gasteiger partial charge is 0.267 e. The van der Waals surface area contributed by atoms with E-state index >= 15 is 0 Å². The molecule has 1 aliphatic rings. The Labute approximate surface area is 146 Å². The average molecular weight is 384 g/mol. The van der Waals surface area contributed by atoms with Crippen molar-refractivity contribution in [2.45, 2.75) is 11.7 Å². The highest BCUT2D eigenvalue weighted by atomic mass is 32.2. The molecule has 2 aromatic rings. The first-order valence-corrected chi connectivity index (χ1v) is 9.93. The van der Waals surface area contributed by atoms with Crippen LogP contribution in [0.2, 0.25) is 0 Å². The topological polar surface area (TPSA) is 110 Å². The predicted octanol–water partition coefficient (Wildman–Crippen LogP) is 1.11. The van der Waals surface area contributed by atoms with Crippen molar-refractivity contribution in [3.8, 4) is 0 Å². The van der Waals surface area contributed by atoms with Gasteiger partial charge in [-0.05, 0) is 18.2 Å². The number of hydrogen-bond donors (Lipinski definition) is 2. The fraction of sp³-hybridized carbons (Fsp3) is 0.214. The van der Waals surface area contributed by atoms with Crippen molar-refractivity contribution in [1.82, 2.24) is 9.55 Å². The zero-order valence-corrected chi connectivity index (χ0v) is 14.6. The van der Waals surface area contributed by atoms with Crippen LogP contribution in [-0.2, 0) is 16.6 Å². The number of thioether (sulfide) groups is 1. The van der Waals surface area contributed by atoms with Crippen LogP contribution in [-0.4, -0.2) is 35.9 Å². The van der Waals surface area contributed by atoms with Gasteiger partial charge in [0.2, 0.25) is 10.0 Å². The molecule has 0 atom stereocenters. The van der Waals surface area contributed by atoms with Crippen LogP contribution in [0.4, 0.5) is 15.8 Å². The molecule has 0 bridgehead atoms. The molecule has 1 amide bonds. The summed E-state index contributed by atoms with van der Waals surface area (Å²) >= 11 is 1.43. The second-order valence-electron chi connectivity index (χ2n) is 5.28. The number of rotatable bonds is 4. The fourth-order valence-electron chi connectivity index (χ4n) is 2.25. The summed E-state index contributed by atoms with van der Waals surface area (Å²) in [4.78, 5) is 28.7. The van der Waals surface area contributed by atoms with Crippen LogP contribution in [0.15, 0.2) is 34.3 Å². The van der Waals surface area contributed by atoms with Crippen LogP contribution in [0.5, 0.6) is 0 Å². The monoisotopic (exact) mass is 384 g/mol. The van der Waals surface area contributed by atoms with E-state index in [4.69, 9.17) is 0 Å². The highest BCUT2D eigenvalue weighted by Crippen LogP contribution is 2.22. The molecule has 1 aromatic heterocycles. The standard InChI is InChI=1S/C14H13FN4O4S2/c1-25(22,23)18-11-6-8(2-3-10(11)15)17-12(20)9-7-16-14-19(13(9)21)4-5-24-14/h2-3,6-7,18H,4-5H2,1H3,(H,17,20). The molecule has 0 spiro atoms. The molecule has 11 heteroatoms. The molecule has 3 rings (SSSR count). The Morgan fingerprint density at radius 3 is 2.88 bits per heavy atom. The third-order valence-electron chi connectivity index (χ3n) is 3.32. The van der Waals surface area contributed by atoms with E-state index in [0.717, 1.165) is 18.4 Å². The molecule has 132 valence electrons. The number of benzene rings is 1. The van der Waals surface area contributed by atoms with Gasteiger partial charge in [-0.3, -0.25) is 18.9 Å². The number of amides is 1. The first kappa shape index (κ1) is 17.4. The number of aromatic nitrogens is 2. The van der Waals surface area contributed by atoms with Crippen molar-refractivity contribution in [2.24, 2.45) is 0 Å². The molecule has 1 aliphatic heterocycles. The van der Waals surface area contributed by atoms with Crippen molar-refractivity contribution in [3.63, 3.8) is 0 Å². The van der Waals surface area contributed by atoms with E-state index in [1.54, 1.807) is 0 Å². The minimum atomic E-state index is -3.68. The van der Waals surface area contributed by atoms with Gasteiger partial charge in [-0.15, -0.1) is 0 Å². The molecule has 0 saturated carbocycles. The minimum absolute atomic E-state index is 0.136. The lowest BCUT2D eigenvalue weighted by Gasteiger charge is -2.10. The number of hydrogen-bond acceptors (Lipinski definition) is 6. The molecule has 25 heavy (non-hydrogen) atoms. The molecule has 0 fully saturated rings. The van der Waals surface area contributed by atoms with Gasteiger partial charge in [-0.25, -0.2) is 17.8 Å². The molecule has 0 saturated heterocycles. The van der Waals surface area contributed by atoms with Crippen LogP contribution in [0, 0.1) is 5.82 Å². The summed E-state index contributed by atoms with van der Waals surface area (Å²) in [5.74, 6) is -0.785. The van der Waals surface area contributed by atoms with Gasteiger partial charge >= 0.3 is 0 Å². The maximum atomic E-state index is 13.7. The van der Waals surface area contributed by atoms with Crippen molar-refractivity contribution in [3.05, 3.63) is 46.1 Å². The van der Waals surface area contributed by atoms with Gasteiger partial charge in [0, 0.05) is 24.2 Å². The summed E-state index contributed by atoms with van der Waals surface area (Å²) in [6, 6.07) is 3.39. The molecule has 8 nitrogen and oxygen atoms in total. The average Bonchev–Trinajstić information content (AvgIpc) is 2.99. The number of halogens is 1. The molecular formula is C14H13FN4O4S2. The molecule has 0 radical (unpaired) electrons. The molecule has 0 aliphatic carbocycles. The molecular weight excluding hydrogens is 371 g/mol. The maximum absolute atomic E-state index is 13.7. The summed E-state index contributed by atoms with van der Waals surface area (Å²) in [5.41, 5.74) is -0.769. The maximum Gasteiger partial charge on any atom is 0.267 e. The number of anilines is 2. The molecule has 0 unspecified atom stereocenters. The number of nitrogens with zero attached hydrogens (tertiary/aromatic N) is 2. The minimum Gasteiger partial charge on any atom is -0.322 e. The van der Waals surface area contributed by atoms with E-state index in [0.29, 0.717) is 17.5 Å². The van der Waals surface area contributed by atoms with Gasteiger partial charge in [0.25, 0.3) is 11.5 Å². The van der Waals surface area contributed by atoms with Crippen molar-refractivity contribution in [1.29, 1.82) is 0 Å². The Bertz CT molecular complexity index is 1020. The number of nitrogens with one attached hydrogen (secondary N) is 2. The predicted molar refractivity (Wildman–Crippen MR) is 92.0 cm³/mol. The first-order chi connectivity index (χ1) is 11.7. The third-order valence-corrected chi connectivity index (χ3v) is 4.88. The summed E-state index contributed by atoms with van der Waals surface area (Å²) in [6.45, 7) is 0.478. The Balaban J connectivity index is 1.87. The Hall–Kier alpha value is -2.40. The van der Waals surface area contributed by atoms with E-state index < -0.39 is 27.3 Å². The highest BCUT2D eigenvalue weighted by Gasteiger charge is 2.20. The quantitative estimate of drug-likeness (QED) is 0.764. The molecule has 2 heterocycles.